The molecule has 0 saturated carbocycles. The molecule has 2 aromatic rings. The minimum Gasteiger partial charge on any atom is -0.246 e. The van der Waals surface area contributed by atoms with Crippen LogP contribution in [0.4, 0.5) is 0 Å². The molecule has 0 fully saturated rings. The SMILES string of the molecule is Cc1nc(C(C)(C)C)n2c(=O)[nH]ncc12. The van der Waals surface area contributed by atoms with Gasteiger partial charge in [-0.25, -0.2) is 19.3 Å². The van der Waals surface area contributed by atoms with Gasteiger partial charge in [0.25, 0.3) is 0 Å². The van der Waals surface area contributed by atoms with Crippen LogP contribution in [-0.2, 0) is 5.41 Å². The Morgan fingerprint density at radius 1 is 1.40 bits per heavy atom. The Bertz CT molecular complexity index is 559. The predicted molar refractivity (Wildman–Crippen MR) is 57.0 cm³/mol. The van der Waals surface area contributed by atoms with Crippen LogP contribution >= 0.6 is 0 Å². The van der Waals surface area contributed by atoms with Gasteiger partial charge in [-0.15, -0.1) is 0 Å². The smallest absolute Gasteiger partial charge is 0.246 e. The van der Waals surface area contributed by atoms with E-state index in [0.29, 0.717) is 0 Å². The fourth-order valence-corrected chi connectivity index (χ4v) is 1.60. The molecule has 0 saturated heterocycles. The highest BCUT2D eigenvalue weighted by molar-refractivity contribution is 5.50. The minimum atomic E-state index is -0.238. The van der Waals surface area contributed by atoms with Gasteiger partial charge in [0.1, 0.15) is 5.82 Å². The third-order valence-corrected chi connectivity index (χ3v) is 2.32. The third kappa shape index (κ3) is 1.44. The van der Waals surface area contributed by atoms with Gasteiger partial charge in [0.2, 0.25) is 0 Å². The maximum absolute atomic E-state index is 11.7. The van der Waals surface area contributed by atoms with Crippen LogP contribution in [0.3, 0.4) is 0 Å². The van der Waals surface area contributed by atoms with Crippen LogP contribution in [0.5, 0.6) is 0 Å². The van der Waals surface area contributed by atoms with Gasteiger partial charge in [-0.05, 0) is 6.92 Å². The molecule has 2 aromatic heterocycles. The number of imidazole rings is 1. The second-order valence-corrected chi connectivity index (χ2v) is 4.67. The molecule has 80 valence electrons. The summed E-state index contributed by atoms with van der Waals surface area (Å²) in [5.41, 5.74) is 1.20. The van der Waals surface area contributed by atoms with Gasteiger partial charge in [0.15, 0.2) is 0 Å². The van der Waals surface area contributed by atoms with E-state index >= 15 is 0 Å². The molecule has 0 spiro atoms. The highest BCUT2D eigenvalue weighted by Gasteiger charge is 2.22. The lowest BCUT2D eigenvalue weighted by molar-refractivity contribution is 0.536. The molecule has 0 atom stereocenters. The van der Waals surface area contributed by atoms with Gasteiger partial charge in [0, 0.05) is 5.41 Å². The summed E-state index contributed by atoms with van der Waals surface area (Å²) >= 11 is 0. The largest absolute Gasteiger partial charge is 0.347 e. The zero-order valence-corrected chi connectivity index (χ0v) is 9.33. The van der Waals surface area contributed by atoms with Crippen molar-refractivity contribution in [2.24, 2.45) is 0 Å². The minimum absolute atomic E-state index is 0.161. The molecule has 2 heterocycles. The number of rotatable bonds is 0. The fraction of sp³-hybridized carbons (Fsp3) is 0.500. The van der Waals surface area contributed by atoms with Gasteiger partial charge in [-0.1, -0.05) is 20.8 Å². The maximum Gasteiger partial charge on any atom is 0.347 e. The summed E-state index contributed by atoms with van der Waals surface area (Å²) in [7, 11) is 0. The van der Waals surface area contributed by atoms with Gasteiger partial charge in [0.05, 0.1) is 17.4 Å². The Balaban J connectivity index is 2.94. The number of hydrogen-bond donors (Lipinski definition) is 1. The molecular formula is C10H14N4O. The second kappa shape index (κ2) is 2.92. The van der Waals surface area contributed by atoms with Crippen molar-refractivity contribution in [3.05, 3.63) is 28.2 Å². The van der Waals surface area contributed by atoms with E-state index < -0.39 is 0 Å². The second-order valence-electron chi connectivity index (χ2n) is 4.67. The summed E-state index contributed by atoms with van der Waals surface area (Å²) in [5.74, 6) is 0.763. The number of nitrogens with zero attached hydrogens (tertiary/aromatic N) is 3. The number of nitrogens with one attached hydrogen (secondary N) is 1. The van der Waals surface area contributed by atoms with Crippen molar-refractivity contribution in [3.63, 3.8) is 0 Å². The van der Waals surface area contributed by atoms with E-state index in [1.54, 1.807) is 10.6 Å². The summed E-state index contributed by atoms with van der Waals surface area (Å²) < 4.78 is 1.59. The Morgan fingerprint density at radius 3 is 2.67 bits per heavy atom. The molecule has 15 heavy (non-hydrogen) atoms. The molecule has 0 unspecified atom stereocenters. The van der Waals surface area contributed by atoms with E-state index in [9.17, 15) is 4.79 Å². The number of fused-ring (bicyclic) bond motifs is 1. The molecule has 0 radical (unpaired) electrons. The first-order valence-corrected chi connectivity index (χ1v) is 4.84. The van der Waals surface area contributed by atoms with Crippen LogP contribution < -0.4 is 5.69 Å². The quantitative estimate of drug-likeness (QED) is 0.700. The Labute approximate surface area is 87.2 Å². The first-order chi connectivity index (χ1) is 6.91. The molecule has 0 amide bonds. The van der Waals surface area contributed by atoms with Crippen molar-refractivity contribution in [1.29, 1.82) is 0 Å². The monoisotopic (exact) mass is 206 g/mol. The number of aromatic amines is 1. The molecule has 1 N–H and O–H groups in total. The van der Waals surface area contributed by atoms with Crippen molar-refractivity contribution in [2.45, 2.75) is 33.1 Å². The van der Waals surface area contributed by atoms with Crippen LogP contribution in [0, 0.1) is 6.92 Å². The molecule has 2 rings (SSSR count). The molecular weight excluding hydrogens is 192 g/mol. The third-order valence-electron chi connectivity index (χ3n) is 2.32. The highest BCUT2D eigenvalue weighted by atomic mass is 16.1. The van der Waals surface area contributed by atoms with Crippen molar-refractivity contribution in [3.8, 4) is 0 Å². The number of hydrogen-bond acceptors (Lipinski definition) is 3. The van der Waals surface area contributed by atoms with E-state index in [1.807, 2.05) is 27.7 Å². The van der Waals surface area contributed by atoms with Crippen molar-refractivity contribution in [1.82, 2.24) is 19.6 Å². The van der Waals surface area contributed by atoms with Crippen LogP contribution in [0.2, 0.25) is 0 Å². The predicted octanol–water partition coefficient (Wildman–Crippen LogP) is 1.02. The molecule has 5 heteroatoms. The van der Waals surface area contributed by atoms with Crippen LogP contribution in [0.25, 0.3) is 5.52 Å². The summed E-state index contributed by atoms with van der Waals surface area (Å²) in [6.07, 6.45) is 1.62. The summed E-state index contributed by atoms with van der Waals surface area (Å²) in [6.45, 7) is 7.97. The zero-order valence-electron chi connectivity index (χ0n) is 9.33. The van der Waals surface area contributed by atoms with E-state index in [2.05, 4.69) is 15.2 Å². The normalized spacial score (nSPS) is 12.3. The molecule has 0 aliphatic carbocycles. The Morgan fingerprint density at radius 2 is 2.07 bits per heavy atom. The van der Waals surface area contributed by atoms with Gasteiger partial charge in [-0.3, -0.25) is 0 Å². The van der Waals surface area contributed by atoms with E-state index in [4.69, 9.17) is 0 Å². The molecule has 0 aromatic carbocycles. The summed E-state index contributed by atoms with van der Waals surface area (Å²) in [5, 5.41) is 6.19. The Hall–Kier alpha value is -1.65. The molecule has 0 aliphatic heterocycles. The van der Waals surface area contributed by atoms with E-state index in [-0.39, 0.29) is 11.1 Å². The highest BCUT2D eigenvalue weighted by Crippen LogP contribution is 2.22. The zero-order chi connectivity index (χ0) is 11.2. The van der Waals surface area contributed by atoms with Crippen molar-refractivity contribution in [2.75, 3.05) is 0 Å². The average molecular weight is 206 g/mol. The number of aryl methyl sites for hydroxylation is 1. The van der Waals surface area contributed by atoms with Gasteiger partial charge < -0.3 is 0 Å². The molecule has 0 bridgehead atoms. The summed E-state index contributed by atoms with van der Waals surface area (Å²) in [4.78, 5) is 16.1. The molecule has 5 nitrogen and oxygen atoms in total. The fourth-order valence-electron chi connectivity index (χ4n) is 1.60. The number of H-pyrrole nitrogens is 1. The van der Waals surface area contributed by atoms with E-state index in [1.165, 1.54) is 0 Å². The average Bonchev–Trinajstić information content (AvgIpc) is 2.45. The lowest BCUT2D eigenvalue weighted by Crippen LogP contribution is -2.25. The lowest BCUT2D eigenvalue weighted by atomic mass is 9.96. The number of aromatic nitrogens is 4. The van der Waals surface area contributed by atoms with E-state index in [0.717, 1.165) is 17.0 Å². The first kappa shape index (κ1) is 9.89. The lowest BCUT2D eigenvalue weighted by Gasteiger charge is -2.15. The van der Waals surface area contributed by atoms with Crippen molar-refractivity contribution < 1.29 is 0 Å². The van der Waals surface area contributed by atoms with Crippen LogP contribution in [0.15, 0.2) is 11.0 Å². The van der Waals surface area contributed by atoms with Crippen LogP contribution in [0.1, 0.15) is 32.3 Å². The first-order valence-electron chi connectivity index (χ1n) is 4.84. The van der Waals surface area contributed by atoms with Gasteiger partial charge >= 0.3 is 5.69 Å². The molecule has 0 aliphatic rings. The topological polar surface area (TPSA) is 63.1 Å². The van der Waals surface area contributed by atoms with Crippen LogP contribution in [-0.4, -0.2) is 19.6 Å². The standard InChI is InChI=1S/C10H14N4O/c1-6-7-5-11-13-9(15)14(7)8(12-6)10(2,3)4/h5H,1-4H3,(H,13,15). The van der Waals surface area contributed by atoms with Gasteiger partial charge in [-0.2, -0.15) is 5.10 Å². The Kier molecular flexibility index (Phi) is 1.92. The summed E-state index contributed by atoms with van der Waals surface area (Å²) in [6, 6.07) is 0. The maximum atomic E-state index is 11.7. The van der Waals surface area contributed by atoms with Crippen molar-refractivity contribution >= 4 is 5.52 Å².